The standard InChI is InChI=1S/2C7HN3S/c8-1-5-4-11-7(3-10)6(5)2-9;8-2-5-1-6(3-9)11-7(5)4-10/h4H;1H. The highest BCUT2D eigenvalue weighted by Crippen LogP contribution is 2.20. The van der Waals surface area contributed by atoms with Crippen LogP contribution in [-0.4, -0.2) is 0 Å². The Morgan fingerprint density at radius 3 is 1.73 bits per heavy atom. The molecular weight excluding hydrogens is 316 g/mol. The lowest BCUT2D eigenvalue weighted by molar-refractivity contribution is 1.45. The van der Waals surface area contributed by atoms with E-state index in [1.54, 1.807) is 0 Å². The molecule has 100 valence electrons. The van der Waals surface area contributed by atoms with Crippen LogP contribution in [-0.2, 0) is 0 Å². The maximum Gasteiger partial charge on any atom is 0.124 e. The molecule has 22 heavy (non-hydrogen) atoms. The van der Waals surface area contributed by atoms with Gasteiger partial charge in [-0.15, -0.1) is 22.7 Å². The van der Waals surface area contributed by atoms with E-state index in [0.29, 0.717) is 14.6 Å². The molecule has 0 saturated carbocycles. The van der Waals surface area contributed by atoms with Crippen LogP contribution in [0.2, 0.25) is 0 Å². The third-order valence-corrected chi connectivity index (χ3v) is 4.02. The summed E-state index contributed by atoms with van der Waals surface area (Å²) in [5.74, 6) is 0. The van der Waals surface area contributed by atoms with Gasteiger partial charge in [0.1, 0.15) is 51.0 Å². The lowest BCUT2D eigenvalue weighted by Gasteiger charge is -1.79. The molecule has 0 bridgehead atoms. The molecule has 2 aromatic rings. The number of hydrogen-bond acceptors (Lipinski definition) is 8. The van der Waals surface area contributed by atoms with Crippen LogP contribution in [0.5, 0.6) is 0 Å². The van der Waals surface area contributed by atoms with E-state index in [4.69, 9.17) is 31.6 Å². The molecule has 0 saturated heterocycles. The molecule has 0 aliphatic heterocycles. The topological polar surface area (TPSA) is 143 Å². The summed E-state index contributed by atoms with van der Waals surface area (Å²) < 4.78 is 0. The van der Waals surface area contributed by atoms with Crippen molar-refractivity contribution in [2.75, 3.05) is 0 Å². The Morgan fingerprint density at radius 2 is 1.32 bits per heavy atom. The second-order valence-corrected chi connectivity index (χ2v) is 5.31. The van der Waals surface area contributed by atoms with E-state index in [1.807, 2.05) is 36.4 Å². The Kier molecular flexibility index (Phi) is 5.82. The summed E-state index contributed by atoms with van der Waals surface area (Å²) in [4.78, 5) is 1.02. The summed E-state index contributed by atoms with van der Waals surface area (Å²) >= 11 is 2.16. The SMILES string of the molecule is N#Cc1cc(C#N)c(C#N)s1.N#Cc1csc(C#N)c1C#N. The van der Waals surface area contributed by atoms with Crippen molar-refractivity contribution in [3.05, 3.63) is 42.8 Å². The third kappa shape index (κ3) is 3.46. The molecule has 0 aromatic carbocycles. The van der Waals surface area contributed by atoms with E-state index >= 15 is 0 Å². The number of thiophene rings is 2. The van der Waals surface area contributed by atoms with Gasteiger partial charge >= 0.3 is 0 Å². The minimum absolute atomic E-state index is 0.194. The fourth-order valence-electron chi connectivity index (χ4n) is 1.25. The van der Waals surface area contributed by atoms with Crippen molar-refractivity contribution in [1.29, 1.82) is 31.6 Å². The molecule has 2 heterocycles. The van der Waals surface area contributed by atoms with Crippen LogP contribution in [0, 0.1) is 68.0 Å². The smallest absolute Gasteiger partial charge is 0.124 e. The van der Waals surface area contributed by atoms with E-state index in [0.717, 1.165) is 22.7 Å². The molecule has 0 aliphatic rings. The van der Waals surface area contributed by atoms with E-state index in [-0.39, 0.29) is 16.7 Å². The lowest BCUT2D eigenvalue weighted by atomic mass is 10.2. The summed E-state index contributed by atoms with van der Waals surface area (Å²) in [6.45, 7) is 0. The molecule has 0 spiro atoms. The minimum Gasteiger partial charge on any atom is -0.192 e. The molecule has 2 aromatic heterocycles. The first kappa shape index (κ1) is 16.4. The molecule has 0 aliphatic carbocycles. The van der Waals surface area contributed by atoms with Gasteiger partial charge in [-0.3, -0.25) is 0 Å². The fraction of sp³-hybridized carbons (Fsp3) is 0. The maximum absolute atomic E-state index is 8.50. The molecular formula is C14H2N6S2. The Balaban J connectivity index is 0.000000220. The number of nitriles is 6. The maximum atomic E-state index is 8.50. The van der Waals surface area contributed by atoms with Gasteiger partial charge in [-0.1, -0.05) is 0 Å². The lowest BCUT2D eigenvalue weighted by Crippen LogP contribution is -1.77. The van der Waals surface area contributed by atoms with Crippen molar-refractivity contribution >= 4 is 22.7 Å². The highest BCUT2D eigenvalue weighted by molar-refractivity contribution is 7.13. The van der Waals surface area contributed by atoms with Gasteiger partial charge in [-0.2, -0.15) is 31.6 Å². The van der Waals surface area contributed by atoms with Gasteiger partial charge in [-0.05, 0) is 6.07 Å². The van der Waals surface area contributed by atoms with Gasteiger partial charge in [0.2, 0.25) is 0 Å². The predicted molar refractivity (Wildman–Crippen MR) is 76.9 cm³/mol. The predicted octanol–water partition coefficient (Wildman–Crippen LogP) is 2.73. The monoisotopic (exact) mass is 318 g/mol. The largest absolute Gasteiger partial charge is 0.192 e. The molecule has 0 atom stereocenters. The molecule has 0 radical (unpaired) electrons. The number of rotatable bonds is 0. The second-order valence-electron chi connectivity index (χ2n) is 3.38. The normalized spacial score (nSPS) is 7.73. The van der Waals surface area contributed by atoms with E-state index in [2.05, 4.69) is 0 Å². The van der Waals surface area contributed by atoms with Crippen molar-refractivity contribution in [3.63, 3.8) is 0 Å². The summed E-state index contributed by atoms with van der Waals surface area (Å²) in [5, 5.41) is 52.2. The first-order valence-electron chi connectivity index (χ1n) is 5.31. The summed E-state index contributed by atoms with van der Waals surface area (Å²) in [6.07, 6.45) is 0. The fourth-order valence-corrected chi connectivity index (χ4v) is 2.68. The molecule has 0 N–H and O–H groups in total. The van der Waals surface area contributed by atoms with Gasteiger partial charge < -0.3 is 0 Å². The van der Waals surface area contributed by atoms with Crippen molar-refractivity contribution < 1.29 is 0 Å². The van der Waals surface area contributed by atoms with Crippen LogP contribution >= 0.6 is 22.7 Å². The van der Waals surface area contributed by atoms with Crippen LogP contribution in [0.25, 0.3) is 0 Å². The van der Waals surface area contributed by atoms with Crippen molar-refractivity contribution in [1.82, 2.24) is 0 Å². The Morgan fingerprint density at radius 1 is 0.682 bits per heavy atom. The minimum atomic E-state index is 0.194. The van der Waals surface area contributed by atoms with Gasteiger partial charge in [0.15, 0.2) is 0 Å². The highest BCUT2D eigenvalue weighted by Gasteiger charge is 2.09. The summed E-state index contributed by atoms with van der Waals surface area (Å²) in [6, 6.07) is 12.5. The zero-order valence-corrected chi connectivity index (χ0v) is 12.3. The second kappa shape index (κ2) is 7.81. The van der Waals surface area contributed by atoms with Gasteiger partial charge in [0.25, 0.3) is 0 Å². The van der Waals surface area contributed by atoms with Crippen molar-refractivity contribution in [2.24, 2.45) is 0 Å². The first-order chi connectivity index (χ1) is 10.6. The average molecular weight is 318 g/mol. The Bertz CT molecular complexity index is 867. The zero-order chi connectivity index (χ0) is 16.5. The van der Waals surface area contributed by atoms with Crippen molar-refractivity contribution in [2.45, 2.75) is 0 Å². The molecule has 8 heteroatoms. The summed E-state index contributed by atoms with van der Waals surface area (Å²) in [7, 11) is 0. The third-order valence-electron chi connectivity index (χ3n) is 2.19. The van der Waals surface area contributed by atoms with Crippen molar-refractivity contribution in [3.8, 4) is 36.4 Å². The van der Waals surface area contributed by atoms with Crippen LogP contribution in [0.3, 0.4) is 0 Å². The van der Waals surface area contributed by atoms with E-state index in [9.17, 15) is 0 Å². The van der Waals surface area contributed by atoms with Crippen LogP contribution in [0.1, 0.15) is 31.3 Å². The van der Waals surface area contributed by atoms with E-state index in [1.165, 1.54) is 11.4 Å². The molecule has 2 rings (SSSR count). The van der Waals surface area contributed by atoms with Gasteiger partial charge in [0.05, 0.1) is 16.7 Å². The molecule has 0 unspecified atom stereocenters. The zero-order valence-electron chi connectivity index (χ0n) is 10.7. The average Bonchev–Trinajstić information content (AvgIpc) is 3.17. The Labute approximate surface area is 133 Å². The quantitative estimate of drug-likeness (QED) is 0.730. The molecule has 0 amide bonds. The van der Waals surface area contributed by atoms with Crippen LogP contribution < -0.4 is 0 Å². The molecule has 6 nitrogen and oxygen atoms in total. The Hall–Kier alpha value is -3.66. The number of hydrogen-bond donors (Lipinski definition) is 0. The van der Waals surface area contributed by atoms with Gasteiger partial charge in [-0.25, -0.2) is 0 Å². The highest BCUT2D eigenvalue weighted by atomic mass is 32.1. The van der Waals surface area contributed by atoms with Gasteiger partial charge in [0, 0.05) is 5.38 Å². The van der Waals surface area contributed by atoms with Crippen LogP contribution in [0.15, 0.2) is 11.4 Å². The molecule has 0 fully saturated rings. The van der Waals surface area contributed by atoms with Crippen LogP contribution in [0.4, 0.5) is 0 Å². The first-order valence-corrected chi connectivity index (χ1v) is 7.00. The number of nitrogens with zero attached hydrogens (tertiary/aromatic N) is 6. The summed E-state index contributed by atoms with van der Waals surface area (Å²) in [5.41, 5.74) is 0.767. The van der Waals surface area contributed by atoms with E-state index < -0.39 is 0 Å².